The van der Waals surface area contributed by atoms with Gasteiger partial charge in [-0.1, -0.05) is 35.1 Å². The molecule has 1 amide bonds. The summed E-state index contributed by atoms with van der Waals surface area (Å²) >= 11 is 7.33. The fraction of sp³-hybridized carbons (Fsp3) is 0.176. The van der Waals surface area contributed by atoms with Crippen LogP contribution in [-0.4, -0.2) is 16.6 Å². The van der Waals surface area contributed by atoms with Crippen LogP contribution in [0.15, 0.2) is 53.6 Å². The number of aromatic nitrogens is 1. The highest BCUT2D eigenvalue weighted by Gasteiger charge is 2.14. The number of thiazole rings is 1. The number of rotatable bonds is 4. The lowest BCUT2D eigenvalue weighted by Crippen LogP contribution is -2.35. The van der Waals surface area contributed by atoms with Crippen molar-refractivity contribution >= 4 is 39.1 Å². The lowest BCUT2D eigenvalue weighted by Gasteiger charge is -2.12. The van der Waals surface area contributed by atoms with E-state index in [-0.39, 0.29) is 5.91 Å². The second-order valence-corrected chi connectivity index (χ2v) is 6.66. The third-order valence-electron chi connectivity index (χ3n) is 3.47. The number of para-hydroxylation sites is 1. The van der Waals surface area contributed by atoms with Gasteiger partial charge in [0, 0.05) is 12.1 Å². The largest absolute Gasteiger partial charge is 0.481 e. The third-order valence-corrected chi connectivity index (χ3v) is 4.84. The van der Waals surface area contributed by atoms with Crippen molar-refractivity contribution in [2.45, 2.75) is 13.0 Å². The molecule has 3 rings (SSSR count). The molecule has 0 spiro atoms. The van der Waals surface area contributed by atoms with Gasteiger partial charge < -0.3 is 9.30 Å². The van der Waals surface area contributed by atoms with Gasteiger partial charge in [-0.15, -0.1) is 5.10 Å². The number of amides is 1. The Hall–Kier alpha value is -2.31. The van der Waals surface area contributed by atoms with Crippen molar-refractivity contribution in [3.8, 4) is 5.75 Å². The molecule has 0 fully saturated rings. The number of carbonyl (C=O) groups excluding carboxylic acids is 1. The first-order chi connectivity index (χ1) is 11.5. The highest BCUT2D eigenvalue weighted by atomic mass is 35.5. The molecular formula is C17H16ClN3O2S. The zero-order valence-electron chi connectivity index (χ0n) is 13.2. The molecule has 0 radical (unpaired) electrons. The summed E-state index contributed by atoms with van der Waals surface area (Å²) < 4.78 is 8.62. The Labute approximate surface area is 148 Å². The van der Waals surface area contributed by atoms with Crippen molar-refractivity contribution in [3.63, 3.8) is 0 Å². The van der Waals surface area contributed by atoms with Crippen LogP contribution in [0.3, 0.4) is 0 Å². The van der Waals surface area contributed by atoms with Gasteiger partial charge >= 0.3 is 0 Å². The molecule has 0 saturated carbocycles. The molecule has 124 valence electrons. The second-order valence-electron chi connectivity index (χ2n) is 5.21. The van der Waals surface area contributed by atoms with Gasteiger partial charge in [-0.25, -0.2) is 5.43 Å². The van der Waals surface area contributed by atoms with E-state index in [1.165, 1.54) is 11.3 Å². The molecule has 1 N–H and O–H groups in total. The van der Waals surface area contributed by atoms with Crippen LogP contribution in [0.25, 0.3) is 10.2 Å². The van der Waals surface area contributed by atoms with Crippen LogP contribution in [-0.2, 0) is 11.8 Å². The number of halogens is 1. The van der Waals surface area contributed by atoms with Gasteiger partial charge in [0.1, 0.15) is 5.75 Å². The zero-order chi connectivity index (χ0) is 17.1. The maximum absolute atomic E-state index is 12.2. The smallest absolute Gasteiger partial charge is 0.280 e. The average molecular weight is 362 g/mol. The minimum atomic E-state index is -0.672. The summed E-state index contributed by atoms with van der Waals surface area (Å²) in [5.74, 6) is 0.261. The Balaban J connectivity index is 1.71. The molecule has 0 aliphatic rings. The van der Waals surface area contributed by atoms with Crippen molar-refractivity contribution in [3.05, 3.63) is 58.4 Å². The first kappa shape index (κ1) is 16.5. The Morgan fingerprint density at radius 1 is 1.25 bits per heavy atom. The topological polar surface area (TPSA) is 55.6 Å². The highest BCUT2D eigenvalue weighted by Crippen LogP contribution is 2.17. The molecule has 1 heterocycles. The van der Waals surface area contributed by atoms with Crippen molar-refractivity contribution in [2.24, 2.45) is 12.1 Å². The fourth-order valence-corrected chi connectivity index (χ4v) is 3.26. The Morgan fingerprint density at radius 3 is 2.67 bits per heavy atom. The molecule has 0 aliphatic heterocycles. The number of hydrogen-bond acceptors (Lipinski definition) is 4. The fourth-order valence-electron chi connectivity index (χ4n) is 2.15. The minimum absolute atomic E-state index is 0.317. The molecule has 0 bridgehead atoms. The van der Waals surface area contributed by atoms with E-state index in [1.54, 1.807) is 31.2 Å². The minimum Gasteiger partial charge on any atom is -0.481 e. The van der Waals surface area contributed by atoms with Crippen LogP contribution >= 0.6 is 22.9 Å². The van der Waals surface area contributed by atoms with Gasteiger partial charge in [-0.05, 0) is 43.3 Å². The van der Waals surface area contributed by atoms with E-state index in [9.17, 15) is 4.79 Å². The first-order valence-corrected chi connectivity index (χ1v) is 8.54. The predicted octanol–water partition coefficient (Wildman–Crippen LogP) is 3.29. The number of carbonyl (C=O) groups is 1. The number of ether oxygens (including phenoxy) is 1. The van der Waals surface area contributed by atoms with Crippen LogP contribution in [0.4, 0.5) is 0 Å². The molecule has 5 nitrogen and oxygen atoms in total. The summed E-state index contributed by atoms with van der Waals surface area (Å²) in [5.41, 5.74) is 3.63. The van der Waals surface area contributed by atoms with E-state index in [1.807, 2.05) is 35.9 Å². The SMILES string of the molecule is C[C@H](Oc1ccc(Cl)cc1)C(=O)N/N=c1/sc2ccccc2n1C. The van der Waals surface area contributed by atoms with E-state index < -0.39 is 6.10 Å². The van der Waals surface area contributed by atoms with Gasteiger partial charge in [0.05, 0.1) is 10.2 Å². The van der Waals surface area contributed by atoms with Crippen molar-refractivity contribution < 1.29 is 9.53 Å². The van der Waals surface area contributed by atoms with E-state index in [4.69, 9.17) is 16.3 Å². The summed E-state index contributed by atoms with van der Waals surface area (Å²) in [4.78, 5) is 12.9. The summed E-state index contributed by atoms with van der Waals surface area (Å²) in [6.07, 6.45) is -0.672. The monoisotopic (exact) mass is 361 g/mol. The van der Waals surface area contributed by atoms with Crippen LogP contribution in [0.5, 0.6) is 5.75 Å². The van der Waals surface area contributed by atoms with E-state index in [0.717, 1.165) is 10.2 Å². The number of aryl methyl sites for hydroxylation is 1. The lowest BCUT2D eigenvalue weighted by molar-refractivity contribution is -0.127. The third kappa shape index (κ3) is 3.60. The van der Waals surface area contributed by atoms with Crippen molar-refractivity contribution in [1.82, 2.24) is 9.99 Å². The van der Waals surface area contributed by atoms with E-state index in [2.05, 4.69) is 10.5 Å². The Morgan fingerprint density at radius 2 is 1.96 bits per heavy atom. The number of benzene rings is 2. The molecule has 7 heteroatoms. The van der Waals surface area contributed by atoms with E-state index >= 15 is 0 Å². The van der Waals surface area contributed by atoms with Gasteiger partial charge in [-0.2, -0.15) is 0 Å². The molecule has 1 aromatic heterocycles. The summed E-state index contributed by atoms with van der Waals surface area (Å²) in [7, 11) is 1.91. The van der Waals surface area contributed by atoms with Crippen LogP contribution in [0.1, 0.15) is 6.92 Å². The molecule has 0 aliphatic carbocycles. The van der Waals surface area contributed by atoms with Gasteiger partial charge in [-0.3, -0.25) is 4.79 Å². The molecular weight excluding hydrogens is 346 g/mol. The molecule has 3 aromatic rings. The van der Waals surface area contributed by atoms with Gasteiger partial charge in [0.2, 0.25) is 4.80 Å². The summed E-state index contributed by atoms with van der Waals surface area (Å²) in [5, 5.41) is 4.82. The summed E-state index contributed by atoms with van der Waals surface area (Å²) in [6, 6.07) is 14.8. The first-order valence-electron chi connectivity index (χ1n) is 7.35. The van der Waals surface area contributed by atoms with E-state index in [0.29, 0.717) is 15.6 Å². The van der Waals surface area contributed by atoms with Crippen LogP contribution in [0, 0.1) is 0 Å². The number of hydrogen-bond donors (Lipinski definition) is 1. The molecule has 24 heavy (non-hydrogen) atoms. The maximum Gasteiger partial charge on any atom is 0.280 e. The average Bonchev–Trinajstić information content (AvgIpc) is 2.91. The second kappa shape index (κ2) is 7.07. The number of nitrogens with one attached hydrogen (secondary N) is 1. The number of nitrogens with zero attached hydrogens (tertiary/aromatic N) is 2. The predicted molar refractivity (Wildman–Crippen MR) is 96.0 cm³/mol. The van der Waals surface area contributed by atoms with Crippen molar-refractivity contribution in [1.29, 1.82) is 0 Å². The standard InChI is InChI=1S/C17H16ClN3O2S/c1-11(23-13-9-7-12(18)8-10-13)16(22)19-20-17-21(2)14-5-3-4-6-15(14)24-17/h3-11H,1-2H3,(H,19,22)/b20-17+/t11-/m0/s1. The normalized spacial score (nSPS) is 13.0. The number of fused-ring (bicyclic) bond motifs is 1. The zero-order valence-corrected chi connectivity index (χ0v) is 14.8. The molecule has 2 aromatic carbocycles. The lowest BCUT2D eigenvalue weighted by atomic mass is 10.3. The highest BCUT2D eigenvalue weighted by molar-refractivity contribution is 7.16. The Kier molecular flexibility index (Phi) is 4.87. The molecule has 0 unspecified atom stereocenters. The van der Waals surface area contributed by atoms with Gasteiger partial charge in [0.15, 0.2) is 6.10 Å². The van der Waals surface area contributed by atoms with Gasteiger partial charge in [0.25, 0.3) is 5.91 Å². The Bertz CT molecular complexity index is 931. The van der Waals surface area contributed by atoms with Crippen LogP contribution < -0.4 is 15.0 Å². The van der Waals surface area contributed by atoms with Crippen LogP contribution in [0.2, 0.25) is 5.02 Å². The molecule has 1 atom stereocenters. The quantitative estimate of drug-likeness (QED) is 0.725. The maximum atomic E-state index is 12.2. The molecule has 0 saturated heterocycles. The summed E-state index contributed by atoms with van der Waals surface area (Å²) in [6.45, 7) is 1.67. The van der Waals surface area contributed by atoms with Crippen molar-refractivity contribution in [2.75, 3.05) is 0 Å².